The number of carbonyl (C=O) groups is 2. The lowest BCUT2D eigenvalue weighted by molar-refractivity contribution is 0.0696. The van der Waals surface area contributed by atoms with Crippen molar-refractivity contribution in [3.05, 3.63) is 58.9 Å². The quantitative estimate of drug-likeness (QED) is 0.898. The third kappa shape index (κ3) is 3.00. The van der Waals surface area contributed by atoms with Crippen LogP contribution < -0.4 is 5.32 Å². The van der Waals surface area contributed by atoms with Crippen LogP contribution in [-0.2, 0) is 0 Å². The maximum absolute atomic E-state index is 12.0. The van der Waals surface area contributed by atoms with Crippen LogP contribution in [0.5, 0.6) is 0 Å². The van der Waals surface area contributed by atoms with Crippen LogP contribution in [0, 0.1) is 13.8 Å². The summed E-state index contributed by atoms with van der Waals surface area (Å²) in [5, 5.41) is 11.6. The van der Waals surface area contributed by atoms with Gasteiger partial charge < -0.3 is 10.4 Å². The van der Waals surface area contributed by atoms with Crippen molar-refractivity contribution < 1.29 is 14.7 Å². The van der Waals surface area contributed by atoms with E-state index in [1.807, 2.05) is 13.0 Å². The Morgan fingerprint density at radius 3 is 2.50 bits per heavy atom. The molecule has 0 atom stereocenters. The van der Waals surface area contributed by atoms with Gasteiger partial charge in [-0.15, -0.1) is 0 Å². The zero-order valence-corrected chi connectivity index (χ0v) is 11.2. The Hall–Kier alpha value is -2.69. The molecule has 0 spiro atoms. The minimum Gasteiger partial charge on any atom is -0.478 e. The van der Waals surface area contributed by atoms with Crippen LogP contribution in [0.3, 0.4) is 0 Å². The molecule has 1 amide bonds. The number of amides is 1. The summed E-state index contributed by atoms with van der Waals surface area (Å²) < 4.78 is 0. The maximum Gasteiger partial charge on any atom is 0.335 e. The highest BCUT2D eigenvalue weighted by Gasteiger charge is 2.11. The van der Waals surface area contributed by atoms with E-state index in [4.69, 9.17) is 5.11 Å². The summed E-state index contributed by atoms with van der Waals surface area (Å²) in [6.07, 6.45) is 0. The average Bonchev–Trinajstić information content (AvgIpc) is 2.40. The van der Waals surface area contributed by atoms with Crippen molar-refractivity contribution >= 4 is 17.6 Å². The van der Waals surface area contributed by atoms with Gasteiger partial charge in [0.15, 0.2) is 0 Å². The Labute approximate surface area is 116 Å². The van der Waals surface area contributed by atoms with Crippen LogP contribution in [-0.4, -0.2) is 22.0 Å². The molecule has 0 radical (unpaired) electrons. The summed E-state index contributed by atoms with van der Waals surface area (Å²) in [5.41, 5.74) is 2.53. The van der Waals surface area contributed by atoms with Gasteiger partial charge in [0.2, 0.25) is 0 Å². The predicted molar refractivity (Wildman–Crippen MR) is 75.1 cm³/mol. The van der Waals surface area contributed by atoms with Gasteiger partial charge in [0, 0.05) is 11.4 Å². The van der Waals surface area contributed by atoms with Crippen molar-refractivity contribution in [2.24, 2.45) is 0 Å². The number of hydrogen-bond donors (Lipinski definition) is 2. The van der Waals surface area contributed by atoms with E-state index in [2.05, 4.69) is 10.3 Å². The van der Waals surface area contributed by atoms with Crippen molar-refractivity contribution in [1.29, 1.82) is 0 Å². The van der Waals surface area contributed by atoms with Crippen molar-refractivity contribution in [2.75, 3.05) is 5.32 Å². The van der Waals surface area contributed by atoms with E-state index in [0.717, 1.165) is 5.69 Å². The number of anilines is 1. The molecule has 0 saturated carbocycles. The van der Waals surface area contributed by atoms with Crippen molar-refractivity contribution in [3.8, 4) is 0 Å². The number of carboxylic acids is 1. The Bertz CT molecular complexity index is 681. The lowest BCUT2D eigenvalue weighted by atomic mass is 10.1. The number of rotatable bonds is 3. The second kappa shape index (κ2) is 5.52. The van der Waals surface area contributed by atoms with Gasteiger partial charge in [-0.2, -0.15) is 0 Å². The summed E-state index contributed by atoms with van der Waals surface area (Å²) in [6.45, 7) is 3.55. The van der Waals surface area contributed by atoms with Crippen LogP contribution in [0.2, 0.25) is 0 Å². The van der Waals surface area contributed by atoms with Gasteiger partial charge in [-0.1, -0.05) is 6.07 Å². The number of hydrogen-bond acceptors (Lipinski definition) is 3. The number of aromatic carboxylic acids is 1. The third-order valence-electron chi connectivity index (χ3n) is 2.84. The highest BCUT2D eigenvalue weighted by molar-refractivity contribution is 6.03. The molecule has 1 aromatic carbocycles. The summed E-state index contributed by atoms with van der Waals surface area (Å²) >= 11 is 0. The minimum absolute atomic E-state index is 0.189. The van der Waals surface area contributed by atoms with Crippen molar-refractivity contribution in [1.82, 2.24) is 4.98 Å². The summed E-state index contributed by atoms with van der Waals surface area (Å²) in [5.74, 6) is -1.31. The fourth-order valence-corrected chi connectivity index (χ4v) is 1.79. The van der Waals surface area contributed by atoms with Gasteiger partial charge in [0.1, 0.15) is 5.69 Å². The fraction of sp³-hybridized carbons (Fsp3) is 0.133. The number of benzene rings is 1. The molecule has 0 unspecified atom stereocenters. The smallest absolute Gasteiger partial charge is 0.335 e. The first kappa shape index (κ1) is 13.7. The summed E-state index contributed by atoms with van der Waals surface area (Å²) in [4.78, 5) is 27.0. The van der Waals surface area contributed by atoms with E-state index in [1.54, 1.807) is 25.1 Å². The Morgan fingerprint density at radius 2 is 1.90 bits per heavy atom. The van der Waals surface area contributed by atoms with Gasteiger partial charge >= 0.3 is 5.97 Å². The first-order valence-electron chi connectivity index (χ1n) is 6.06. The molecule has 0 saturated heterocycles. The molecule has 5 nitrogen and oxygen atoms in total. The van der Waals surface area contributed by atoms with E-state index in [-0.39, 0.29) is 11.5 Å². The second-order valence-electron chi connectivity index (χ2n) is 4.45. The SMILES string of the molecule is Cc1cccc(C(=O)Nc2ccc(C(=O)O)cc2C)n1. The van der Waals surface area contributed by atoms with Crippen molar-refractivity contribution in [2.45, 2.75) is 13.8 Å². The van der Waals surface area contributed by atoms with Crippen LogP contribution in [0.15, 0.2) is 36.4 Å². The van der Waals surface area contributed by atoms with E-state index in [9.17, 15) is 9.59 Å². The molecule has 102 valence electrons. The molecule has 1 aromatic heterocycles. The van der Waals surface area contributed by atoms with Gasteiger partial charge in [-0.25, -0.2) is 9.78 Å². The molecule has 0 bridgehead atoms. The molecule has 0 fully saturated rings. The number of carbonyl (C=O) groups excluding carboxylic acids is 1. The topological polar surface area (TPSA) is 79.3 Å². The van der Waals surface area contributed by atoms with Gasteiger partial charge in [-0.3, -0.25) is 4.79 Å². The molecule has 2 aromatic rings. The zero-order chi connectivity index (χ0) is 14.7. The second-order valence-corrected chi connectivity index (χ2v) is 4.45. The zero-order valence-electron chi connectivity index (χ0n) is 11.2. The first-order valence-corrected chi connectivity index (χ1v) is 6.06. The number of nitrogens with one attached hydrogen (secondary N) is 1. The molecule has 5 heteroatoms. The van der Waals surface area contributed by atoms with E-state index < -0.39 is 5.97 Å². The Kier molecular flexibility index (Phi) is 3.79. The molecule has 0 aliphatic carbocycles. The molecule has 2 rings (SSSR count). The van der Waals surface area contributed by atoms with Crippen LogP contribution >= 0.6 is 0 Å². The predicted octanol–water partition coefficient (Wildman–Crippen LogP) is 2.65. The minimum atomic E-state index is -0.994. The molecular formula is C15H14N2O3. The lowest BCUT2D eigenvalue weighted by Crippen LogP contribution is -2.15. The molecule has 0 aliphatic rings. The van der Waals surface area contributed by atoms with Crippen LogP contribution in [0.25, 0.3) is 0 Å². The lowest BCUT2D eigenvalue weighted by Gasteiger charge is -2.09. The summed E-state index contributed by atoms with van der Waals surface area (Å²) in [7, 11) is 0. The van der Waals surface area contributed by atoms with Gasteiger partial charge in [0.25, 0.3) is 5.91 Å². The van der Waals surface area contributed by atoms with Gasteiger partial charge in [-0.05, 0) is 49.7 Å². The highest BCUT2D eigenvalue weighted by Crippen LogP contribution is 2.17. The number of aryl methyl sites for hydroxylation is 2. The Balaban J connectivity index is 2.22. The van der Waals surface area contributed by atoms with Crippen molar-refractivity contribution in [3.63, 3.8) is 0 Å². The molecule has 1 heterocycles. The summed E-state index contributed by atoms with van der Waals surface area (Å²) in [6, 6.07) is 9.74. The number of carboxylic acid groups (broad SMARTS) is 1. The van der Waals surface area contributed by atoms with Crippen LogP contribution in [0.1, 0.15) is 32.1 Å². The fourth-order valence-electron chi connectivity index (χ4n) is 1.79. The first-order chi connectivity index (χ1) is 9.47. The normalized spacial score (nSPS) is 10.1. The largest absolute Gasteiger partial charge is 0.478 e. The number of aromatic nitrogens is 1. The average molecular weight is 270 g/mol. The third-order valence-corrected chi connectivity index (χ3v) is 2.84. The standard InChI is InChI=1S/C15H14N2O3/c1-9-8-11(15(19)20)6-7-12(9)17-14(18)13-5-3-4-10(2)16-13/h3-8H,1-2H3,(H,17,18)(H,19,20). The number of pyridine rings is 1. The molecular weight excluding hydrogens is 256 g/mol. The van der Waals surface area contributed by atoms with Gasteiger partial charge in [0.05, 0.1) is 5.56 Å². The molecule has 20 heavy (non-hydrogen) atoms. The Morgan fingerprint density at radius 1 is 1.15 bits per heavy atom. The maximum atomic E-state index is 12.0. The van der Waals surface area contributed by atoms with E-state index >= 15 is 0 Å². The van der Waals surface area contributed by atoms with E-state index in [1.165, 1.54) is 12.1 Å². The molecule has 2 N–H and O–H groups in total. The van der Waals surface area contributed by atoms with E-state index in [0.29, 0.717) is 16.9 Å². The number of nitrogens with zero attached hydrogens (tertiary/aromatic N) is 1. The van der Waals surface area contributed by atoms with Crippen LogP contribution in [0.4, 0.5) is 5.69 Å². The molecule has 0 aliphatic heterocycles. The highest BCUT2D eigenvalue weighted by atomic mass is 16.4. The monoisotopic (exact) mass is 270 g/mol.